The normalized spacial score (nSPS) is 19.8. The Morgan fingerprint density at radius 3 is 2.89 bits per heavy atom. The van der Waals surface area contributed by atoms with E-state index in [9.17, 15) is 5.11 Å². The number of methoxy groups -OCH3 is 1. The van der Waals surface area contributed by atoms with Crippen LogP contribution < -0.4 is 10.1 Å². The quantitative estimate of drug-likeness (QED) is 0.900. The van der Waals surface area contributed by atoms with E-state index in [1.807, 2.05) is 6.92 Å². The highest BCUT2D eigenvalue weighted by Crippen LogP contribution is 2.39. The highest BCUT2D eigenvalue weighted by Gasteiger charge is 2.19. The van der Waals surface area contributed by atoms with Crippen molar-refractivity contribution in [3.05, 3.63) is 21.7 Å². The minimum Gasteiger partial charge on any atom is -0.504 e. The molecule has 0 saturated carbocycles. The monoisotopic (exact) mass is 313 g/mol. The minimum atomic E-state index is 0.197. The second kappa shape index (κ2) is 5.93. The predicted octanol–water partition coefficient (Wildman–Crippen LogP) is 3.16. The van der Waals surface area contributed by atoms with Crippen LogP contribution in [0, 0.1) is 6.92 Å². The number of phenolic OH excluding ortho intramolecular Hbond substituents is 1. The Kier molecular flexibility index (Phi) is 4.51. The number of benzene rings is 1. The van der Waals surface area contributed by atoms with Crippen molar-refractivity contribution in [2.75, 3.05) is 13.7 Å². The van der Waals surface area contributed by atoms with Crippen molar-refractivity contribution in [3.63, 3.8) is 0 Å². The number of phenols is 1. The third-order valence-corrected chi connectivity index (χ3v) is 4.43. The third kappa shape index (κ3) is 2.81. The Bertz CT molecular complexity index is 428. The van der Waals surface area contributed by atoms with E-state index in [1.165, 1.54) is 24.8 Å². The summed E-state index contributed by atoms with van der Waals surface area (Å²) in [5.74, 6) is 0.730. The number of rotatable bonds is 3. The summed E-state index contributed by atoms with van der Waals surface area (Å²) in [5.41, 5.74) is 2.33. The number of nitrogens with one attached hydrogen (secondary N) is 1. The van der Waals surface area contributed by atoms with E-state index in [0.717, 1.165) is 23.0 Å². The van der Waals surface area contributed by atoms with Crippen LogP contribution in [-0.2, 0) is 6.42 Å². The maximum atomic E-state index is 9.83. The van der Waals surface area contributed by atoms with E-state index in [1.54, 1.807) is 13.2 Å². The Balaban J connectivity index is 2.26. The Labute approximate surface area is 117 Å². The molecule has 18 heavy (non-hydrogen) atoms. The van der Waals surface area contributed by atoms with Crippen LogP contribution in [-0.4, -0.2) is 24.8 Å². The topological polar surface area (TPSA) is 41.5 Å². The van der Waals surface area contributed by atoms with Crippen molar-refractivity contribution in [2.24, 2.45) is 0 Å². The van der Waals surface area contributed by atoms with Gasteiger partial charge in [-0.3, -0.25) is 0 Å². The van der Waals surface area contributed by atoms with Crippen LogP contribution in [0.3, 0.4) is 0 Å². The first-order valence-electron chi connectivity index (χ1n) is 6.41. The highest BCUT2D eigenvalue weighted by atomic mass is 79.9. The number of ether oxygens (including phenoxy) is 1. The molecule has 0 bridgehead atoms. The summed E-state index contributed by atoms with van der Waals surface area (Å²) in [6, 6.07) is 2.31. The Morgan fingerprint density at radius 1 is 1.50 bits per heavy atom. The molecule has 0 radical (unpaired) electrons. The largest absolute Gasteiger partial charge is 0.504 e. The molecule has 1 saturated heterocycles. The molecule has 1 aliphatic heterocycles. The molecule has 1 aromatic carbocycles. The van der Waals surface area contributed by atoms with Gasteiger partial charge in [0.25, 0.3) is 0 Å². The number of halogens is 1. The Morgan fingerprint density at radius 2 is 2.28 bits per heavy atom. The van der Waals surface area contributed by atoms with Crippen molar-refractivity contribution >= 4 is 15.9 Å². The van der Waals surface area contributed by atoms with Gasteiger partial charge in [-0.05, 0) is 65.9 Å². The van der Waals surface area contributed by atoms with Crippen molar-refractivity contribution in [2.45, 2.75) is 38.6 Å². The van der Waals surface area contributed by atoms with E-state index in [4.69, 9.17) is 4.74 Å². The molecule has 1 aromatic rings. The van der Waals surface area contributed by atoms with Crippen molar-refractivity contribution in [1.82, 2.24) is 5.32 Å². The fourth-order valence-corrected chi connectivity index (χ4v) is 3.41. The zero-order valence-electron chi connectivity index (χ0n) is 10.9. The standard InChI is InChI=1S/C14H20BrNO2/c1-9-7-12(17)14(18-2)13(15)11(9)8-10-5-3-4-6-16-10/h7,10,16-17H,3-6,8H2,1-2H3. The molecule has 0 aliphatic carbocycles. The van der Waals surface area contributed by atoms with Gasteiger partial charge in [0.2, 0.25) is 0 Å². The SMILES string of the molecule is COc1c(O)cc(C)c(CC2CCCCN2)c1Br. The number of hydrogen-bond donors (Lipinski definition) is 2. The molecule has 1 unspecified atom stereocenters. The minimum absolute atomic E-state index is 0.197. The average molecular weight is 314 g/mol. The zero-order chi connectivity index (χ0) is 13.1. The maximum absolute atomic E-state index is 9.83. The van der Waals surface area contributed by atoms with Gasteiger partial charge >= 0.3 is 0 Å². The molecule has 4 heteroatoms. The smallest absolute Gasteiger partial charge is 0.174 e. The summed E-state index contributed by atoms with van der Waals surface area (Å²) in [6.07, 6.45) is 4.76. The zero-order valence-corrected chi connectivity index (χ0v) is 12.5. The lowest BCUT2D eigenvalue weighted by molar-refractivity contribution is 0.367. The van der Waals surface area contributed by atoms with E-state index in [-0.39, 0.29) is 5.75 Å². The summed E-state index contributed by atoms with van der Waals surface area (Å²) < 4.78 is 6.13. The summed E-state index contributed by atoms with van der Waals surface area (Å²) in [6.45, 7) is 3.14. The van der Waals surface area contributed by atoms with E-state index in [2.05, 4.69) is 21.2 Å². The fourth-order valence-electron chi connectivity index (χ4n) is 2.57. The molecular weight excluding hydrogens is 294 g/mol. The van der Waals surface area contributed by atoms with E-state index >= 15 is 0 Å². The third-order valence-electron chi connectivity index (χ3n) is 3.59. The lowest BCUT2D eigenvalue weighted by Crippen LogP contribution is -2.35. The molecular formula is C14H20BrNO2. The van der Waals surface area contributed by atoms with Crippen LogP contribution in [0.5, 0.6) is 11.5 Å². The summed E-state index contributed by atoms with van der Waals surface area (Å²) in [7, 11) is 1.58. The molecule has 1 fully saturated rings. The van der Waals surface area contributed by atoms with Crippen LogP contribution >= 0.6 is 15.9 Å². The molecule has 1 aliphatic rings. The summed E-state index contributed by atoms with van der Waals surface area (Å²) in [5, 5.41) is 13.4. The molecule has 1 heterocycles. The van der Waals surface area contributed by atoms with Gasteiger partial charge < -0.3 is 15.2 Å². The second-order valence-corrected chi connectivity index (χ2v) is 5.68. The first-order chi connectivity index (χ1) is 8.63. The second-order valence-electron chi connectivity index (χ2n) is 4.89. The van der Waals surface area contributed by atoms with Crippen molar-refractivity contribution in [1.29, 1.82) is 0 Å². The van der Waals surface area contributed by atoms with Crippen LogP contribution in [0.2, 0.25) is 0 Å². The number of aryl methyl sites for hydroxylation is 1. The van der Waals surface area contributed by atoms with Crippen molar-refractivity contribution in [3.8, 4) is 11.5 Å². The van der Waals surface area contributed by atoms with Gasteiger partial charge in [0.05, 0.1) is 11.6 Å². The molecule has 3 nitrogen and oxygen atoms in total. The molecule has 1 atom stereocenters. The van der Waals surface area contributed by atoms with Crippen LogP contribution in [0.4, 0.5) is 0 Å². The lowest BCUT2D eigenvalue weighted by atomic mass is 9.95. The van der Waals surface area contributed by atoms with Gasteiger partial charge in [-0.2, -0.15) is 0 Å². The van der Waals surface area contributed by atoms with Crippen LogP contribution in [0.25, 0.3) is 0 Å². The average Bonchev–Trinajstić information content (AvgIpc) is 2.36. The number of hydrogen-bond acceptors (Lipinski definition) is 3. The predicted molar refractivity (Wildman–Crippen MR) is 76.4 cm³/mol. The van der Waals surface area contributed by atoms with Gasteiger partial charge in [0.15, 0.2) is 11.5 Å². The highest BCUT2D eigenvalue weighted by molar-refractivity contribution is 9.10. The van der Waals surface area contributed by atoms with Gasteiger partial charge in [-0.1, -0.05) is 6.42 Å². The fraction of sp³-hybridized carbons (Fsp3) is 0.571. The van der Waals surface area contributed by atoms with E-state index in [0.29, 0.717) is 11.8 Å². The van der Waals surface area contributed by atoms with Crippen LogP contribution in [0.15, 0.2) is 10.5 Å². The Hall–Kier alpha value is -0.740. The maximum Gasteiger partial charge on any atom is 0.174 e. The molecule has 100 valence electrons. The first-order valence-corrected chi connectivity index (χ1v) is 7.21. The first kappa shape index (κ1) is 13.7. The molecule has 0 amide bonds. The lowest BCUT2D eigenvalue weighted by Gasteiger charge is -2.25. The number of piperidine rings is 1. The van der Waals surface area contributed by atoms with E-state index < -0.39 is 0 Å². The molecule has 0 aromatic heterocycles. The number of aromatic hydroxyl groups is 1. The molecule has 2 rings (SSSR count). The van der Waals surface area contributed by atoms with Gasteiger partial charge in [-0.25, -0.2) is 0 Å². The summed E-state index contributed by atoms with van der Waals surface area (Å²) in [4.78, 5) is 0. The molecule has 0 spiro atoms. The van der Waals surface area contributed by atoms with Gasteiger partial charge in [-0.15, -0.1) is 0 Å². The van der Waals surface area contributed by atoms with Crippen LogP contribution in [0.1, 0.15) is 30.4 Å². The van der Waals surface area contributed by atoms with Gasteiger partial charge in [0.1, 0.15) is 0 Å². The molecule has 2 N–H and O–H groups in total. The van der Waals surface area contributed by atoms with Gasteiger partial charge in [0, 0.05) is 6.04 Å². The summed E-state index contributed by atoms with van der Waals surface area (Å²) >= 11 is 3.56. The van der Waals surface area contributed by atoms with Crippen molar-refractivity contribution < 1.29 is 9.84 Å².